The van der Waals surface area contributed by atoms with E-state index in [4.69, 9.17) is 5.14 Å². The molecule has 3 N–H and O–H groups in total. The van der Waals surface area contributed by atoms with Gasteiger partial charge in [0.1, 0.15) is 0 Å². The van der Waals surface area contributed by atoms with Crippen molar-refractivity contribution in [3.05, 3.63) is 71.4 Å². The number of nitrogens with two attached hydrogens (primary N) is 1. The van der Waals surface area contributed by atoms with Crippen LogP contribution in [0.2, 0.25) is 0 Å². The maximum absolute atomic E-state index is 12.7. The van der Waals surface area contributed by atoms with Gasteiger partial charge in [0.25, 0.3) is 5.91 Å². The molecule has 1 aromatic heterocycles. The van der Waals surface area contributed by atoms with E-state index in [1.54, 1.807) is 24.9 Å². The molecule has 1 heterocycles. The van der Waals surface area contributed by atoms with E-state index in [0.717, 1.165) is 48.2 Å². The van der Waals surface area contributed by atoms with Crippen LogP contribution in [-0.2, 0) is 16.4 Å². The molecule has 0 spiro atoms. The summed E-state index contributed by atoms with van der Waals surface area (Å²) in [6, 6.07) is 16.5. The first-order chi connectivity index (χ1) is 14.8. The molecular weight excluding hydrogens is 412 g/mol. The van der Waals surface area contributed by atoms with Crippen LogP contribution >= 0.6 is 0 Å². The summed E-state index contributed by atoms with van der Waals surface area (Å²) in [6.07, 6.45) is 3.70. The first-order valence-corrected chi connectivity index (χ1v) is 11.8. The lowest BCUT2D eigenvalue weighted by molar-refractivity contribution is 0.0791. The van der Waals surface area contributed by atoms with Gasteiger partial charge in [-0.05, 0) is 49.9 Å². The smallest absolute Gasteiger partial charge is 0.253 e. The minimum atomic E-state index is -3.85. The van der Waals surface area contributed by atoms with Gasteiger partial charge < -0.3 is 4.90 Å². The van der Waals surface area contributed by atoms with Crippen LogP contribution in [0, 0.1) is 6.92 Å². The zero-order valence-corrected chi connectivity index (χ0v) is 18.7. The zero-order chi connectivity index (χ0) is 22.4. The summed E-state index contributed by atoms with van der Waals surface area (Å²) in [6.45, 7) is 2.37. The van der Waals surface area contributed by atoms with Gasteiger partial charge in [0.15, 0.2) is 0 Å². The summed E-state index contributed by atoms with van der Waals surface area (Å²) >= 11 is 0. The third-order valence-electron chi connectivity index (χ3n) is 5.25. The SMILES string of the molecule is Cc1ccc(S(N)(=O)=O)cc1C(=O)N(C)CCCCCc1cc(-c2ccccc2)n[nH]1. The number of carbonyl (C=O) groups excluding carboxylic acids is 1. The maximum atomic E-state index is 12.7. The number of aryl methyl sites for hydroxylation is 2. The number of hydrogen-bond donors (Lipinski definition) is 2. The second-order valence-electron chi connectivity index (χ2n) is 7.70. The van der Waals surface area contributed by atoms with Crippen molar-refractivity contribution in [2.75, 3.05) is 13.6 Å². The Balaban J connectivity index is 1.47. The maximum Gasteiger partial charge on any atom is 0.253 e. The number of H-pyrrole nitrogens is 1. The molecule has 0 saturated heterocycles. The average Bonchev–Trinajstić information content (AvgIpc) is 3.22. The number of primary sulfonamides is 1. The molecule has 31 heavy (non-hydrogen) atoms. The standard InChI is InChI=1S/C23H28N4O3S/c1-17-12-13-20(31(24,29)30)16-21(17)23(28)27(2)14-8-4-7-11-19-15-22(26-25-19)18-9-5-3-6-10-18/h3,5-6,9-10,12-13,15-16H,4,7-8,11,14H2,1-2H3,(H,25,26)(H2,24,29,30). The Morgan fingerprint density at radius 3 is 2.52 bits per heavy atom. The highest BCUT2D eigenvalue weighted by molar-refractivity contribution is 7.89. The lowest BCUT2D eigenvalue weighted by Crippen LogP contribution is -2.28. The number of amides is 1. The fourth-order valence-corrected chi connectivity index (χ4v) is 3.94. The van der Waals surface area contributed by atoms with Crippen LogP contribution in [0.3, 0.4) is 0 Å². The molecule has 2 aromatic carbocycles. The minimum Gasteiger partial charge on any atom is -0.342 e. The molecule has 1 amide bonds. The lowest BCUT2D eigenvalue weighted by atomic mass is 10.1. The Bertz CT molecular complexity index is 1140. The summed E-state index contributed by atoms with van der Waals surface area (Å²) in [5, 5.41) is 12.7. The van der Waals surface area contributed by atoms with Crippen LogP contribution < -0.4 is 5.14 Å². The van der Waals surface area contributed by atoms with Crippen molar-refractivity contribution < 1.29 is 13.2 Å². The summed E-state index contributed by atoms with van der Waals surface area (Å²) < 4.78 is 23.2. The van der Waals surface area contributed by atoms with E-state index in [2.05, 4.69) is 16.3 Å². The van der Waals surface area contributed by atoms with Gasteiger partial charge in [0.05, 0.1) is 10.6 Å². The summed E-state index contributed by atoms with van der Waals surface area (Å²) in [5.41, 5.74) is 4.21. The molecule has 0 aliphatic rings. The molecule has 0 aliphatic carbocycles. The molecule has 0 fully saturated rings. The number of rotatable bonds is 9. The molecule has 3 aromatic rings. The molecule has 3 rings (SSSR count). The van der Waals surface area contributed by atoms with Crippen LogP contribution in [0.15, 0.2) is 59.5 Å². The highest BCUT2D eigenvalue weighted by Gasteiger charge is 2.17. The van der Waals surface area contributed by atoms with Crippen LogP contribution in [0.4, 0.5) is 0 Å². The first kappa shape index (κ1) is 22.7. The van der Waals surface area contributed by atoms with Gasteiger partial charge in [-0.25, -0.2) is 13.6 Å². The monoisotopic (exact) mass is 440 g/mol. The van der Waals surface area contributed by atoms with Crippen molar-refractivity contribution in [1.82, 2.24) is 15.1 Å². The second-order valence-corrected chi connectivity index (χ2v) is 9.26. The molecular formula is C23H28N4O3S. The van der Waals surface area contributed by atoms with E-state index < -0.39 is 10.0 Å². The van der Waals surface area contributed by atoms with Gasteiger partial charge in [0.2, 0.25) is 10.0 Å². The molecule has 0 aliphatic heterocycles. The first-order valence-electron chi connectivity index (χ1n) is 10.2. The quantitative estimate of drug-likeness (QED) is 0.496. The number of aromatic amines is 1. The highest BCUT2D eigenvalue weighted by atomic mass is 32.2. The predicted molar refractivity (Wildman–Crippen MR) is 121 cm³/mol. The van der Waals surface area contributed by atoms with E-state index in [-0.39, 0.29) is 10.8 Å². The Morgan fingerprint density at radius 1 is 1.06 bits per heavy atom. The third-order valence-corrected chi connectivity index (χ3v) is 6.17. The fraction of sp³-hybridized carbons (Fsp3) is 0.304. The van der Waals surface area contributed by atoms with Gasteiger partial charge in [0, 0.05) is 30.4 Å². The molecule has 0 saturated carbocycles. The van der Waals surface area contributed by atoms with Crippen LogP contribution in [0.1, 0.15) is 40.9 Å². The average molecular weight is 441 g/mol. The molecule has 7 nitrogen and oxygen atoms in total. The minimum absolute atomic E-state index is 0.0516. The van der Waals surface area contributed by atoms with Gasteiger partial charge in [-0.3, -0.25) is 9.89 Å². The normalized spacial score (nSPS) is 11.5. The zero-order valence-electron chi connectivity index (χ0n) is 17.8. The lowest BCUT2D eigenvalue weighted by Gasteiger charge is -2.18. The number of sulfonamides is 1. The topological polar surface area (TPSA) is 109 Å². The number of benzene rings is 2. The summed E-state index contributed by atoms with van der Waals surface area (Å²) in [5.74, 6) is -0.205. The van der Waals surface area contributed by atoms with Crippen LogP contribution in [0.25, 0.3) is 11.3 Å². The second kappa shape index (κ2) is 9.89. The van der Waals surface area contributed by atoms with Crippen molar-refractivity contribution in [3.63, 3.8) is 0 Å². The predicted octanol–water partition coefficient (Wildman–Crippen LogP) is 3.52. The Hall–Kier alpha value is -2.97. The largest absolute Gasteiger partial charge is 0.342 e. The number of aromatic nitrogens is 2. The van der Waals surface area contributed by atoms with E-state index >= 15 is 0 Å². The Labute approximate surface area is 183 Å². The summed E-state index contributed by atoms with van der Waals surface area (Å²) in [7, 11) is -2.12. The van der Waals surface area contributed by atoms with Crippen molar-refractivity contribution in [2.45, 2.75) is 37.5 Å². The molecule has 0 atom stereocenters. The third kappa shape index (κ3) is 6.02. The fourth-order valence-electron chi connectivity index (χ4n) is 3.40. The van der Waals surface area contributed by atoms with Gasteiger partial charge in [-0.15, -0.1) is 0 Å². The van der Waals surface area contributed by atoms with E-state index in [9.17, 15) is 13.2 Å². The number of nitrogens with zero attached hydrogens (tertiary/aromatic N) is 2. The van der Waals surface area contributed by atoms with Crippen molar-refractivity contribution in [3.8, 4) is 11.3 Å². The van der Waals surface area contributed by atoms with Crippen molar-refractivity contribution in [1.29, 1.82) is 0 Å². The number of hydrogen-bond acceptors (Lipinski definition) is 4. The van der Waals surface area contributed by atoms with Crippen LogP contribution in [0.5, 0.6) is 0 Å². The molecule has 0 radical (unpaired) electrons. The van der Waals surface area contributed by atoms with Crippen LogP contribution in [-0.4, -0.2) is 43.0 Å². The molecule has 8 heteroatoms. The van der Waals surface area contributed by atoms with Crippen molar-refractivity contribution >= 4 is 15.9 Å². The van der Waals surface area contributed by atoms with Gasteiger partial charge in [-0.2, -0.15) is 5.10 Å². The highest BCUT2D eigenvalue weighted by Crippen LogP contribution is 2.19. The van der Waals surface area contributed by atoms with E-state index in [1.165, 1.54) is 12.1 Å². The molecule has 164 valence electrons. The number of nitrogens with one attached hydrogen (secondary N) is 1. The Morgan fingerprint density at radius 2 is 1.81 bits per heavy atom. The Kier molecular flexibility index (Phi) is 7.25. The van der Waals surface area contributed by atoms with E-state index in [1.807, 2.05) is 30.3 Å². The van der Waals surface area contributed by atoms with Gasteiger partial charge >= 0.3 is 0 Å². The van der Waals surface area contributed by atoms with E-state index in [0.29, 0.717) is 12.1 Å². The molecule has 0 bridgehead atoms. The van der Waals surface area contributed by atoms with Crippen molar-refractivity contribution in [2.24, 2.45) is 5.14 Å². The molecule has 0 unspecified atom stereocenters. The number of unbranched alkanes of at least 4 members (excludes halogenated alkanes) is 2. The summed E-state index contributed by atoms with van der Waals surface area (Å²) in [4.78, 5) is 14.3. The van der Waals surface area contributed by atoms with Gasteiger partial charge in [-0.1, -0.05) is 42.8 Å². The number of carbonyl (C=O) groups is 1.